The lowest BCUT2D eigenvalue weighted by Crippen LogP contribution is -2.33. The average Bonchev–Trinajstić information content (AvgIpc) is 2.77. The maximum absolute atomic E-state index is 11.0. The van der Waals surface area contributed by atoms with Gasteiger partial charge in [0.15, 0.2) is 0 Å². The lowest BCUT2D eigenvalue weighted by atomic mass is 9.71. The Hall–Kier alpha value is -1.31. The summed E-state index contributed by atoms with van der Waals surface area (Å²) in [6, 6.07) is 0. The molecule has 1 aliphatic heterocycles. The van der Waals surface area contributed by atoms with Crippen molar-refractivity contribution in [3.63, 3.8) is 0 Å². The summed E-state index contributed by atoms with van der Waals surface area (Å²) in [5.41, 5.74) is 2.12. The van der Waals surface area contributed by atoms with Crippen molar-refractivity contribution >= 4 is 6.29 Å². The van der Waals surface area contributed by atoms with Crippen LogP contribution in [-0.2, 0) is 9.53 Å². The second-order valence-electron chi connectivity index (χ2n) is 4.15. The summed E-state index contributed by atoms with van der Waals surface area (Å²) < 4.78 is 5.54. The van der Waals surface area contributed by atoms with Crippen LogP contribution in [0.25, 0.3) is 0 Å². The van der Waals surface area contributed by atoms with Gasteiger partial charge in [-0.25, -0.2) is 0 Å². The van der Waals surface area contributed by atoms with E-state index in [1.807, 2.05) is 6.08 Å². The van der Waals surface area contributed by atoms with Crippen LogP contribution < -0.4 is 0 Å². The first-order valence-electron chi connectivity index (χ1n) is 5.07. The molecule has 2 aliphatic carbocycles. The molecule has 0 bridgehead atoms. The highest BCUT2D eigenvalue weighted by Gasteiger charge is 2.52. The van der Waals surface area contributed by atoms with E-state index >= 15 is 0 Å². The molecule has 0 radical (unpaired) electrons. The first-order valence-corrected chi connectivity index (χ1v) is 5.07. The Labute approximate surface area is 82.9 Å². The highest BCUT2D eigenvalue weighted by Crippen LogP contribution is 2.55. The topological polar surface area (TPSA) is 26.3 Å². The SMILES string of the molecule is O=CC1=COC2C=CC=C3CCCC132. The second kappa shape index (κ2) is 2.59. The zero-order chi connectivity index (χ0) is 9.60. The molecule has 2 atom stereocenters. The molecule has 3 rings (SSSR count). The molecular weight excluding hydrogens is 176 g/mol. The van der Waals surface area contributed by atoms with Crippen molar-refractivity contribution in [3.8, 4) is 0 Å². The van der Waals surface area contributed by atoms with Gasteiger partial charge in [0, 0.05) is 5.57 Å². The number of ether oxygens (including phenoxy) is 1. The van der Waals surface area contributed by atoms with Gasteiger partial charge in [0.1, 0.15) is 12.4 Å². The first-order chi connectivity index (χ1) is 6.88. The fourth-order valence-corrected chi connectivity index (χ4v) is 2.98. The van der Waals surface area contributed by atoms with Gasteiger partial charge in [0.05, 0.1) is 11.7 Å². The van der Waals surface area contributed by atoms with Crippen molar-refractivity contribution in [3.05, 3.63) is 35.6 Å². The fourth-order valence-electron chi connectivity index (χ4n) is 2.98. The van der Waals surface area contributed by atoms with Crippen molar-refractivity contribution < 1.29 is 9.53 Å². The van der Waals surface area contributed by atoms with Crippen LogP contribution in [0.4, 0.5) is 0 Å². The normalized spacial score (nSPS) is 38.1. The van der Waals surface area contributed by atoms with Gasteiger partial charge in [-0.1, -0.05) is 17.7 Å². The van der Waals surface area contributed by atoms with Crippen LogP contribution >= 0.6 is 0 Å². The molecule has 1 fully saturated rings. The number of allylic oxidation sites excluding steroid dienone is 2. The molecule has 1 spiro atoms. The summed E-state index contributed by atoms with van der Waals surface area (Å²) in [4.78, 5) is 11.0. The van der Waals surface area contributed by atoms with Crippen LogP contribution in [0.5, 0.6) is 0 Å². The molecule has 2 heteroatoms. The molecule has 1 saturated carbocycles. The smallest absolute Gasteiger partial charge is 0.150 e. The summed E-state index contributed by atoms with van der Waals surface area (Å²) in [6.07, 6.45) is 12.3. The van der Waals surface area contributed by atoms with E-state index < -0.39 is 0 Å². The summed E-state index contributed by atoms with van der Waals surface area (Å²) >= 11 is 0. The van der Waals surface area contributed by atoms with Gasteiger partial charge < -0.3 is 4.74 Å². The van der Waals surface area contributed by atoms with Gasteiger partial charge in [-0.3, -0.25) is 4.79 Å². The highest BCUT2D eigenvalue weighted by atomic mass is 16.5. The highest BCUT2D eigenvalue weighted by molar-refractivity contribution is 5.78. The van der Waals surface area contributed by atoms with Crippen LogP contribution in [0.3, 0.4) is 0 Å². The molecule has 14 heavy (non-hydrogen) atoms. The van der Waals surface area contributed by atoms with Gasteiger partial charge >= 0.3 is 0 Å². The maximum atomic E-state index is 11.0. The average molecular weight is 188 g/mol. The molecule has 0 amide bonds. The van der Waals surface area contributed by atoms with Crippen LogP contribution in [0.2, 0.25) is 0 Å². The van der Waals surface area contributed by atoms with Crippen LogP contribution in [0.15, 0.2) is 35.6 Å². The third-order valence-electron chi connectivity index (χ3n) is 3.64. The molecule has 0 aromatic rings. The van der Waals surface area contributed by atoms with E-state index in [4.69, 9.17) is 4.74 Å². The quantitative estimate of drug-likeness (QED) is 0.589. The zero-order valence-corrected chi connectivity index (χ0v) is 7.90. The lowest BCUT2D eigenvalue weighted by Gasteiger charge is -2.32. The van der Waals surface area contributed by atoms with E-state index in [0.29, 0.717) is 0 Å². The molecule has 72 valence electrons. The zero-order valence-electron chi connectivity index (χ0n) is 7.90. The minimum atomic E-state index is -0.0868. The monoisotopic (exact) mass is 188 g/mol. The van der Waals surface area contributed by atoms with Crippen molar-refractivity contribution in [2.24, 2.45) is 5.41 Å². The molecule has 3 aliphatic rings. The Kier molecular flexibility index (Phi) is 1.49. The van der Waals surface area contributed by atoms with E-state index in [2.05, 4.69) is 12.2 Å². The fraction of sp³-hybridized carbons (Fsp3) is 0.417. The number of hydrogen-bond donors (Lipinski definition) is 0. The molecule has 0 aromatic carbocycles. The predicted octanol–water partition coefficient (Wildman–Crippen LogP) is 2.13. The van der Waals surface area contributed by atoms with Gasteiger partial charge in [0.25, 0.3) is 0 Å². The summed E-state index contributed by atoms with van der Waals surface area (Å²) in [5.74, 6) is 0. The second-order valence-corrected chi connectivity index (χ2v) is 4.15. The van der Waals surface area contributed by atoms with Gasteiger partial charge in [-0.15, -0.1) is 0 Å². The molecule has 1 heterocycles. The predicted molar refractivity (Wildman–Crippen MR) is 52.5 cm³/mol. The first kappa shape index (κ1) is 8.04. The number of rotatable bonds is 1. The van der Waals surface area contributed by atoms with Gasteiger partial charge in [-0.2, -0.15) is 0 Å². The third-order valence-corrected chi connectivity index (χ3v) is 3.64. The Balaban J connectivity index is 2.15. The summed E-state index contributed by atoms with van der Waals surface area (Å²) in [5, 5.41) is 0. The van der Waals surface area contributed by atoms with E-state index in [9.17, 15) is 4.79 Å². The Morgan fingerprint density at radius 1 is 1.57 bits per heavy atom. The van der Waals surface area contributed by atoms with E-state index in [1.165, 1.54) is 12.0 Å². The van der Waals surface area contributed by atoms with Crippen LogP contribution in [0.1, 0.15) is 19.3 Å². The van der Waals surface area contributed by atoms with Crippen molar-refractivity contribution in [1.82, 2.24) is 0 Å². The van der Waals surface area contributed by atoms with Gasteiger partial charge in [-0.05, 0) is 25.3 Å². The van der Waals surface area contributed by atoms with E-state index in [1.54, 1.807) is 6.26 Å². The molecule has 2 unspecified atom stereocenters. The number of carbonyl (C=O) groups excluding carboxylic acids is 1. The molecule has 0 N–H and O–H groups in total. The van der Waals surface area contributed by atoms with Gasteiger partial charge in [0.2, 0.25) is 0 Å². The standard InChI is InChI=1S/C12H12O2/c13-7-10-8-14-11-5-1-3-9-4-2-6-12(9,10)11/h1,3,5,7-8,11H,2,4,6H2. The van der Waals surface area contributed by atoms with Crippen molar-refractivity contribution in [2.45, 2.75) is 25.4 Å². The minimum absolute atomic E-state index is 0.0743. The van der Waals surface area contributed by atoms with Crippen molar-refractivity contribution in [1.29, 1.82) is 0 Å². The largest absolute Gasteiger partial charge is 0.492 e. The Morgan fingerprint density at radius 2 is 2.50 bits per heavy atom. The summed E-state index contributed by atoms with van der Waals surface area (Å²) in [6.45, 7) is 0. The Morgan fingerprint density at radius 3 is 3.36 bits per heavy atom. The van der Waals surface area contributed by atoms with E-state index in [-0.39, 0.29) is 11.5 Å². The van der Waals surface area contributed by atoms with Crippen LogP contribution in [-0.4, -0.2) is 12.4 Å². The van der Waals surface area contributed by atoms with E-state index in [0.717, 1.165) is 24.7 Å². The molecule has 0 aromatic heterocycles. The summed E-state index contributed by atoms with van der Waals surface area (Å²) in [7, 11) is 0. The molecule has 0 saturated heterocycles. The number of aldehydes is 1. The number of hydrogen-bond acceptors (Lipinski definition) is 2. The van der Waals surface area contributed by atoms with Crippen LogP contribution in [0, 0.1) is 5.41 Å². The van der Waals surface area contributed by atoms with Crippen molar-refractivity contribution in [2.75, 3.05) is 0 Å². The Bertz CT molecular complexity index is 376. The molecule has 2 nitrogen and oxygen atoms in total. The third kappa shape index (κ3) is 0.746. The lowest BCUT2D eigenvalue weighted by molar-refractivity contribution is -0.105. The maximum Gasteiger partial charge on any atom is 0.150 e. The minimum Gasteiger partial charge on any atom is -0.492 e. The molecular formula is C12H12O2. The number of carbonyl (C=O) groups is 1.